The number of pyridine rings is 1. The summed E-state index contributed by atoms with van der Waals surface area (Å²) in [5.41, 5.74) is 0. The molecule has 0 saturated carbocycles. The Balaban J connectivity index is 2.22. The first kappa shape index (κ1) is 10.2. The Labute approximate surface area is 96.1 Å². The highest BCUT2D eigenvalue weighted by molar-refractivity contribution is 9.10. The lowest BCUT2D eigenvalue weighted by Crippen LogP contribution is -2.36. The van der Waals surface area contributed by atoms with Crippen molar-refractivity contribution < 1.29 is 4.74 Å². The van der Waals surface area contributed by atoms with E-state index < -0.39 is 0 Å². The maximum Gasteiger partial charge on any atom is 0.147 e. The summed E-state index contributed by atoms with van der Waals surface area (Å²) in [6.07, 6.45) is 1.76. The van der Waals surface area contributed by atoms with Crippen LogP contribution >= 0.6 is 27.5 Å². The van der Waals surface area contributed by atoms with Crippen molar-refractivity contribution in [3.8, 4) is 0 Å². The second-order valence-electron chi connectivity index (χ2n) is 3.06. The lowest BCUT2D eigenvalue weighted by Gasteiger charge is -2.28. The summed E-state index contributed by atoms with van der Waals surface area (Å²) < 4.78 is 6.17. The number of morpholine rings is 1. The topological polar surface area (TPSA) is 25.4 Å². The summed E-state index contributed by atoms with van der Waals surface area (Å²) in [5, 5.41) is 0.682. The predicted octanol–water partition coefficient (Wildman–Crippen LogP) is 2.33. The van der Waals surface area contributed by atoms with Crippen LogP contribution in [0.25, 0.3) is 0 Å². The molecule has 0 aliphatic carbocycles. The summed E-state index contributed by atoms with van der Waals surface area (Å²) in [7, 11) is 0. The van der Waals surface area contributed by atoms with Gasteiger partial charge in [-0.15, -0.1) is 0 Å². The molecule has 0 bridgehead atoms. The zero-order valence-electron chi connectivity index (χ0n) is 7.54. The number of aromatic nitrogens is 1. The second kappa shape index (κ2) is 4.47. The van der Waals surface area contributed by atoms with Crippen LogP contribution in [-0.2, 0) is 4.74 Å². The van der Waals surface area contributed by atoms with E-state index in [-0.39, 0.29) is 0 Å². The molecule has 2 heterocycles. The Kier molecular flexibility index (Phi) is 3.26. The third-order valence-corrected chi connectivity index (χ3v) is 2.81. The first-order valence-electron chi connectivity index (χ1n) is 4.41. The molecule has 1 aromatic heterocycles. The Morgan fingerprint density at radius 1 is 1.43 bits per heavy atom. The maximum absolute atomic E-state index is 6.09. The maximum atomic E-state index is 6.09. The lowest BCUT2D eigenvalue weighted by atomic mass is 10.4. The van der Waals surface area contributed by atoms with E-state index in [1.54, 1.807) is 6.20 Å². The third-order valence-electron chi connectivity index (χ3n) is 2.10. The number of ether oxygens (including phenoxy) is 1. The van der Waals surface area contributed by atoms with Gasteiger partial charge < -0.3 is 9.64 Å². The standard InChI is InChI=1S/C9H10BrClN2O/c10-7-5-8(11)9(12-6-7)13-1-3-14-4-2-13/h5-6H,1-4H2. The van der Waals surface area contributed by atoms with Gasteiger partial charge in [0.25, 0.3) is 0 Å². The Morgan fingerprint density at radius 2 is 2.14 bits per heavy atom. The highest BCUT2D eigenvalue weighted by Crippen LogP contribution is 2.26. The van der Waals surface area contributed by atoms with Crippen LogP contribution in [0.15, 0.2) is 16.7 Å². The molecular formula is C9H10BrClN2O. The van der Waals surface area contributed by atoms with Gasteiger partial charge in [0.1, 0.15) is 5.82 Å². The molecular weight excluding hydrogens is 267 g/mol. The van der Waals surface area contributed by atoms with Gasteiger partial charge in [0, 0.05) is 23.8 Å². The smallest absolute Gasteiger partial charge is 0.147 e. The van der Waals surface area contributed by atoms with Crippen LogP contribution in [0.4, 0.5) is 5.82 Å². The van der Waals surface area contributed by atoms with Crippen LogP contribution in [0.5, 0.6) is 0 Å². The van der Waals surface area contributed by atoms with Crippen molar-refractivity contribution in [1.29, 1.82) is 0 Å². The summed E-state index contributed by atoms with van der Waals surface area (Å²) in [4.78, 5) is 6.43. The molecule has 1 aromatic rings. The van der Waals surface area contributed by atoms with E-state index in [0.717, 1.165) is 36.6 Å². The Bertz CT molecular complexity index is 329. The first-order valence-corrected chi connectivity index (χ1v) is 5.58. The van der Waals surface area contributed by atoms with Gasteiger partial charge in [-0.05, 0) is 22.0 Å². The fraction of sp³-hybridized carbons (Fsp3) is 0.444. The van der Waals surface area contributed by atoms with Crippen molar-refractivity contribution in [1.82, 2.24) is 4.98 Å². The molecule has 5 heteroatoms. The van der Waals surface area contributed by atoms with Gasteiger partial charge in [-0.2, -0.15) is 0 Å². The van der Waals surface area contributed by atoms with E-state index in [0.29, 0.717) is 5.02 Å². The number of nitrogens with zero attached hydrogens (tertiary/aromatic N) is 2. The zero-order chi connectivity index (χ0) is 9.97. The third kappa shape index (κ3) is 2.19. The van der Waals surface area contributed by atoms with Crippen LogP contribution in [-0.4, -0.2) is 31.3 Å². The van der Waals surface area contributed by atoms with E-state index in [9.17, 15) is 0 Å². The molecule has 0 unspecified atom stereocenters. The second-order valence-corrected chi connectivity index (χ2v) is 4.38. The molecule has 1 fully saturated rings. The summed E-state index contributed by atoms with van der Waals surface area (Å²) >= 11 is 9.42. The van der Waals surface area contributed by atoms with Crippen molar-refractivity contribution in [2.75, 3.05) is 31.2 Å². The minimum Gasteiger partial charge on any atom is -0.378 e. The molecule has 0 N–H and O–H groups in total. The van der Waals surface area contributed by atoms with Crippen LogP contribution in [0.1, 0.15) is 0 Å². The van der Waals surface area contributed by atoms with Crippen molar-refractivity contribution in [3.63, 3.8) is 0 Å². The molecule has 14 heavy (non-hydrogen) atoms. The van der Waals surface area contributed by atoms with Gasteiger partial charge in [-0.3, -0.25) is 0 Å². The molecule has 1 aliphatic rings. The molecule has 0 amide bonds. The predicted molar refractivity (Wildman–Crippen MR) is 60.0 cm³/mol. The van der Waals surface area contributed by atoms with Crippen molar-refractivity contribution in [2.24, 2.45) is 0 Å². The van der Waals surface area contributed by atoms with Crippen molar-refractivity contribution in [2.45, 2.75) is 0 Å². The van der Waals surface area contributed by atoms with Gasteiger partial charge in [0.05, 0.1) is 18.2 Å². The highest BCUT2D eigenvalue weighted by Gasteiger charge is 2.15. The van der Waals surface area contributed by atoms with E-state index in [4.69, 9.17) is 16.3 Å². The van der Waals surface area contributed by atoms with E-state index >= 15 is 0 Å². The molecule has 0 aromatic carbocycles. The molecule has 2 rings (SSSR count). The molecule has 0 radical (unpaired) electrons. The molecule has 3 nitrogen and oxygen atoms in total. The Hall–Kier alpha value is -0.320. The van der Waals surface area contributed by atoms with Crippen LogP contribution < -0.4 is 4.90 Å². The zero-order valence-corrected chi connectivity index (χ0v) is 9.88. The van der Waals surface area contributed by atoms with Gasteiger partial charge in [-0.25, -0.2) is 4.98 Å². The van der Waals surface area contributed by atoms with Crippen LogP contribution in [0, 0.1) is 0 Å². The first-order chi connectivity index (χ1) is 6.77. The number of hydrogen-bond donors (Lipinski definition) is 0. The minimum absolute atomic E-state index is 0.682. The molecule has 0 atom stereocenters. The van der Waals surface area contributed by atoms with Crippen LogP contribution in [0.2, 0.25) is 5.02 Å². The fourth-order valence-electron chi connectivity index (χ4n) is 1.42. The average Bonchev–Trinajstić information content (AvgIpc) is 2.19. The normalized spacial score (nSPS) is 17.1. The largest absolute Gasteiger partial charge is 0.378 e. The SMILES string of the molecule is Clc1cc(Br)cnc1N1CCOCC1. The quantitative estimate of drug-likeness (QED) is 0.788. The van der Waals surface area contributed by atoms with Gasteiger partial charge in [-0.1, -0.05) is 11.6 Å². The molecule has 76 valence electrons. The molecule has 1 aliphatic heterocycles. The van der Waals surface area contributed by atoms with Crippen molar-refractivity contribution >= 4 is 33.3 Å². The number of rotatable bonds is 1. The van der Waals surface area contributed by atoms with Gasteiger partial charge in [0.2, 0.25) is 0 Å². The van der Waals surface area contributed by atoms with Gasteiger partial charge in [0.15, 0.2) is 0 Å². The molecule has 0 spiro atoms. The Morgan fingerprint density at radius 3 is 2.79 bits per heavy atom. The highest BCUT2D eigenvalue weighted by atomic mass is 79.9. The summed E-state index contributed by atoms with van der Waals surface area (Å²) in [5.74, 6) is 0.846. The van der Waals surface area contributed by atoms with E-state index in [1.807, 2.05) is 6.07 Å². The number of halogens is 2. The number of hydrogen-bond acceptors (Lipinski definition) is 3. The number of anilines is 1. The fourth-order valence-corrected chi connectivity index (χ4v) is 2.16. The monoisotopic (exact) mass is 276 g/mol. The minimum atomic E-state index is 0.682. The van der Waals surface area contributed by atoms with Crippen LogP contribution in [0.3, 0.4) is 0 Å². The van der Waals surface area contributed by atoms with E-state index in [1.165, 1.54) is 0 Å². The van der Waals surface area contributed by atoms with E-state index in [2.05, 4.69) is 25.8 Å². The summed E-state index contributed by atoms with van der Waals surface area (Å²) in [6.45, 7) is 3.20. The van der Waals surface area contributed by atoms with Gasteiger partial charge >= 0.3 is 0 Å². The molecule has 1 saturated heterocycles. The summed E-state index contributed by atoms with van der Waals surface area (Å²) in [6, 6.07) is 1.86. The van der Waals surface area contributed by atoms with Crippen molar-refractivity contribution in [3.05, 3.63) is 21.8 Å². The lowest BCUT2D eigenvalue weighted by molar-refractivity contribution is 0.122. The average molecular weight is 278 g/mol.